The number of hydrogen-bond acceptors (Lipinski definition) is 6. The Labute approximate surface area is 132 Å². The lowest BCUT2D eigenvalue weighted by atomic mass is 10.1. The van der Waals surface area contributed by atoms with E-state index in [0.29, 0.717) is 18.8 Å². The third kappa shape index (κ3) is 2.27. The van der Waals surface area contributed by atoms with Crippen LogP contribution in [0.25, 0.3) is 0 Å². The van der Waals surface area contributed by atoms with Crippen molar-refractivity contribution in [3.05, 3.63) is 22.8 Å². The lowest BCUT2D eigenvalue weighted by molar-refractivity contribution is 0.0739. The third-order valence-corrected chi connectivity index (χ3v) is 5.23. The number of aryl methyl sites for hydroxylation is 2. The Morgan fingerprint density at radius 1 is 1.23 bits per heavy atom. The van der Waals surface area contributed by atoms with Crippen LogP contribution in [0, 0.1) is 6.92 Å². The quantitative estimate of drug-likeness (QED) is 0.894. The van der Waals surface area contributed by atoms with Crippen LogP contribution < -0.4 is 4.90 Å². The molecule has 1 aliphatic heterocycles. The number of nitrogens with zero attached hydrogens (tertiary/aromatic N) is 5. The number of fused-ring (bicyclic) bond motifs is 1. The highest BCUT2D eigenvalue weighted by Gasteiger charge is 2.29. The number of aromatic amines is 1. The van der Waals surface area contributed by atoms with Crippen LogP contribution in [-0.4, -0.2) is 56.5 Å². The largest absolute Gasteiger partial charge is 0.343 e. The number of rotatable bonds is 2. The van der Waals surface area contributed by atoms with Crippen LogP contribution in [0.4, 0.5) is 5.13 Å². The van der Waals surface area contributed by atoms with E-state index in [2.05, 4.69) is 24.5 Å². The molecule has 0 aromatic carbocycles. The second-order valence-corrected chi connectivity index (χ2v) is 6.52. The van der Waals surface area contributed by atoms with E-state index in [1.54, 1.807) is 0 Å². The molecule has 4 rings (SSSR count). The zero-order chi connectivity index (χ0) is 15.1. The van der Waals surface area contributed by atoms with E-state index >= 15 is 0 Å². The Kier molecular flexibility index (Phi) is 3.33. The molecule has 0 radical (unpaired) electrons. The van der Waals surface area contributed by atoms with E-state index < -0.39 is 0 Å². The molecular weight excluding hydrogens is 300 g/mol. The number of amides is 1. The fourth-order valence-electron chi connectivity index (χ4n) is 3.16. The van der Waals surface area contributed by atoms with E-state index in [-0.39, 0.29) is 5.91 Å². The predicted molar refractivity (Wildman–Crippen MR) is 83.4 cm³/mol. The molecule has 0 bridgehead atoms. The summed E-state index contributed by atoms with van der Waals surface area (Å²) in [7, 11) is 0. The lowest BCUT2D eigenvalue weighted by Gasteiger charge is -2.34. The van der Waals surface area contributed by atoms with Crippen LogP contribution in [0.3, 0.4) is 0 Å². The maximum atomic E-state index is 12.7. The second-order valence-electron chi connectivity index (χ2n) is 5.79. The fourth-order valence-corrected chi connectivity index (χ4v) is 3.89. The molecule has 22 heavy (non-hydrogen) atoms. The van der Waals surface area contributed by atoms with Gasteiger partial charge in [-0.2, -0.15) is 9.47 Å². The van der Waals surface area contributed by atoms with Gasteiger partial charge in [0.05, 0.1) is 0 Å². The Balaban J connectivity index is 1.44. The first-order valence-corrected chi connectivity index (χ1v) is 8.40. The van der Waals surface area contributed by atoms with Crippen molar-refractivity contribution in [3.8, 4) is 0 Å². The zero-order valence-electron chi connectivity index (χ0n) is 12.5. The molecule has 3 heterocycles. The number of H-pyrrole nitrogens is 1. The van der Waals surface area contributed by atoms with Gasteiger partial charge >= 0.3 is 0 Å². The number of piperazine rings is 1. The molecule has 2 aromatic rings. The van der Waals surface area contributed by atoms with Crippen LogP contribution in [0.5, 0.6) is 0 Å². The van der Waals surface area contributed by atoms with E-state index in [1.165, 1.54) is 11.5 Å². The minimum absolute atomic E-state index is 0.0625. The normalized spacial score (nSPS) is 17.9. The first-order valence-electron chi connectivity index (χ1n) is 7.63. The van der Waals surface area contributed by atoms with Gasteiger partial charge in [0.2, 0.25) is 5.13 Å². The third-order valence-electron chi connectivity index (χ3n) is 4.36. The van der Waals surface area contributed by atoms with E-state index in [4.69, 9.17) is 0 Å². The number of carbonyl (C=O) groups is 1. The number of anilines is 1. The average Bonchev–Trinajstić information content (AvgIpc) is 3.23. The maximum absolute atomic E-state index is 12.7. The minimum Gasteiger partial charge on any atom is -0.343 e. The van der Waals surface area contributed by atoms with Gasteiger partial charge in [-0.25, -0.2) is 4.98 Å². The van der Waals surface area contributed by atoms with Crippen molar-refractivity contribution < 1.29 is 4.79 Å². The SMILES string of the molecule is Cc1nsc(N2CCN(C(=O)c3n[nH]c4c3CCC4)CC2)n1. The van der Waals surface area contributed by atoms with Crippen LogP contribution in [0.2, 0.25) is 0 Å². The lowest BCUT2D eigenvalue weighted by Crippen LogP contribution is -2.49. The van der Waals surface area contributed by atoms with E-state index in [9.17, 15) is 4.79 Å². The van der Waals surface area contributed by atoms with Crippen molar-refractivity contribution in [2.24, 2.45) is 0 Å². The molecule has 0 unspecified atom stereocenters. The first-order chi connectivity index (χ1) is 10.7. The van der Waals surface area contributed by atoms with Gasteiger partial charge in [0.15, 0.2) is 5.69 Å². The molecule has 1 saturated heterocycles. The summed E-state index contributed by atoms with van der Waals surface area (Å²) < 4.78 is 4.22. The molecule has 116 valence electrons. The van der Waals surface area contributed by atoms with Crippen LogP contribution in [-0.2, 0) is 12.8 Å². The Morgan fingerprint density at radius 3 is 2.77 bits per heavy atom. The Bertz CT molecular complexity index is 700. The molecule has 7 nitrogen and oxygen atoms in total. The molecule has 0 spiro atoms. The summed E-state index contributed by atoms with van der Waals surface area (Å²) in [5, 5.41) is 8.21. The van der Waals surface area contributed by atoms with E-state index in [1.807, 2.05) is 11.8 Å². The number of carbonyl (C=O) groups excluding carboxylic acids is 1. The standard InChI is InChI=1S/C14H18N6OS/c1-9-15-14(22-18-9)20-7-5-19(6-8-20)13(21)12-10-3-2-4-11(10)16-17-12/h2-8H2,1H3,(H,16,17). The van der Waals surface area contributed by atoms with Gasteiger partial charge in [-0.1, -0.05) is 0 Å². The van der Waals surface area contributed by atoms with Gasteiger partial charge < -0.3 is 9.80 Å². The fraction of sp³-hybridized carbons (Fsp3) is 0.571. The molecule has 0 atom stereocenters. The topological polar surface area (TPSA) is 78.0 Å². The van der Waals surface area contributed by atoms with Gasteiger partial charge in [-0.3, -0.25) is 9.89 Å². The van der Waals surface area contributed by atoms with E-state index in [0.717, 1.165) is 54.6 Å². The van der Waals surface area contributed by atoms with Crippen molar-refractivity contribution in [2.75, 3.05) is 31.1 Å². The summed E-state index contributed by atoms with van der Waals surface area (Å²) in [6, 6.07) is 0. The summed E-state index contributed by atoms with van der Waals surface area (Å²) in [5.74, 6) is 0.873. The molecule has 1 N–H and O–H groups in total. The maximum Gasteiger partial charge on any atom is 0.274 e. The summed E-state index contributed by atoms with van der Waals surface area (Å²) in [6.45, 7) is 4.91. The number of aromatic nitrogens is 4. The van der Waals surface area contributed by atoms with Crippen molar-refractivity contribution in [1.29, 1.82) is 0 Å². The van der Waals surface area contributed by atoms with Gasteiger partial charge in [-0.05, 0) is 26.2 Å². The molecule has 1 fully saturated rings. The van der Waals surface area contributed by atoms with Crippen molar-refractivity contribution in [3.63, 3.8) is 0 Å². The molecule has 2 aromatic heterocycles. The summed E-state index contributed by atoms with van der Waals surface area (Å²) in [4.78, 5) is 21.2. The molecule has 8 heteroatoms. The van der Waals surface area contributed by atoms with Crippen molar-refractivity contribution in [1.82, 2.24) is 24.5 Å². The van der Waals surface area contributed by atoms with Crippen LogP contribution in [0.15, 0.2) is 0 Å². The molecule has 2 aliphatic rings. The molecule has 1 aliphatic carbocycles. The smallest absolute Gasteiger partial charge is 0.274 e. The summed E-state index contributed by atoms with van der Waals surface area (Å²) in [5.41, 5.74) is 2.91. The average molecular weight is 318 g/mol. The van der Waals surface area contributed by atoms with Crippen molar-refractivity contribution in [2.45, 2.75) is 26.2 Å². The van der Waals surface area contributed by atoms with Crippen LogP contribution >= 0.6 is 11.5 Å². The minimum atomic E-state index is 0.0625. The molecular formula is C14H18N6OS. The highest BCUT2D eigenvalue weighted by atomic mass is 32.1. The molecule has 1 amide bonds. The Morgan fingerprint density at radius 2 is 2.05 bits per heavy atom. The van der Waals surface area contributed by atoms with Gasteiger partial charge in [0.25, 0.3) is 5.91 Å². The first kappa shape index (κ1) is 13.7. The summed E-state index contributed by atoms with van der Waals surface area (Å²) in [6.07, 6.45) is 3.10. The number of hydrogen-bond donors (Lipinski definition) is 1. The number of nitrogens with one attached hydrogen (secondary N) is 1. The van der Waals surface area contributed by atoms with Crippen molar-refractivity contribution >= 4 is 22.6 Å². The summed E-state index contributed by atoms with van der Waals surface area (Å²) >= 11 is 1.42. The van der Waals surface area contributed by atoms with Gasteiger partial charge in [0, 0.05) is 49.0 Å². The monoisotopic (exact) mass is 318 g/mol. The Hall–Kier alpha value is -1.96. The highest BCUT2D eigenvalue weighted by Crippen LogP contribution is 2.24. The molecule has 0 saturated carbocycles. The predicted octanol–water partition coefficient (Wildman–Crippen LogP) is 1.02. The zero-order valence-corrected chi connectivity index (χ0v) is 13.3. The second kappa shape index (κ2) is 5.35. The highest BCUT2D eigenvalue weighted by molar-refractivity contribution is 7.09. The van der Waals surface area contributed by atoms with Gasteiger partial charge in [0.1, 0.15) is 5.82 Å². The van der Waals surface area contributed by atoms with Crippen LogP contribution in [0.1, 0.15) is 34.0 Å². The van der Waals surface area contributed by atoms with Gasteiger partial charge in [-0.15, -0.1) is 0 Å².